The molecule has 2 aromatic rings. The monoisotopic (exact) mass is 548 g/mol. The fourth-order valence-electron chi connectivity index (χ4n) is 4.54. The van der Waals surface area contributed by atoms with Crippen molar-refractivity contribution in [3.63, 3.8) is 0 Å². The fraction of sp³-hybridized carbons (Fsp3) is 0.414. The summed E-state index contributed by atoms with van der Waals surface area (Å²) in [4.78, 5) is 57.4. The molecule has 0 radical (unpaired) electrons. The van der Waals surface area contributed by atoms with E-state index in [9.17, 15) is 19.2 Å². The highest BCUT2D eigenvalue weighted by molar-refractivity contribution is 6.24. The SMILES string of the molecule is C[C@H](NC(=O)[C@H](CCCCN)NC(=O)OC(C)(C)C)C(=O)Nc1ccc2c(c1)CN1C(=O)c3ccccc3C1=N2. The molecule has 40 heavy (non-hydrogen) atoms. The predicted octanol–water partition coefficient (Wildman–Crippen LogP) is 3.20. The minimum atomic E-state index is -0.889. The van der Waals surface area contributed by atoms with Gasteiger partial charge in [0.15, 0.2) is 0 Å². The Labute approximate surface area is 233 Å². The molecule has 0 fully saturated rings. The quantitative estimate of drug-likeness (QED) is 0.353. The van der Waals surface area contributed by atoms with Gasteiger partial charge < -0.3 is 26.4 Å². The fourth-order valence-corrected chi connectivity index (χ4v) is 4.54. The molecule has 4 rings (SSSR count). The molecule has 4 amide bonds. The van der Waals surface area contributed by atoms with Gasteiger partial charge in [0.2, 0.25) is 11.8 Å². The Morgan fingerprint density at radius 1 is 1.05 bits per heavy atom. The highest BCUT2D eigenvalue weighted by Crippen LogP contribution is 2.35. The molecule has 212 valence electrons. The summed E-state index contributed by atoms with van der Waals surface area (Å²) in [5, 5.41) is 8.09. The van der Waals surface area contributed by atoms with Gasteiger partial charge in [0.1, 0.15) is 23.5 Å². The smallest absolute Gasteiger partial charge is 0.408 e. The molecule has 2 aliphatic heterocycles. The number of benzene rings is 2. The molecule has 2 aromatic carbocycles. The molecule has 0 bridgehead atoms. The van der Waals surface area contributed by atoms with E-state index in [2.05, 4.69) is 20.9 Å². The van der Waals surface area contributed by atoms with Gasteiger partial charge in [0, 0.05) is 11.3 Å². The van der Waals surface area contributed by atoms with Crippen LogP contribution in [0.15, 0.2) is 47.5 Å². The van der Waals surface area contributed by atoms with Crippen molar-refractivity contribution in [1.82, 2.24) is 15.5 Å². The van der Waals surface area contributed by atoms with Crippen LogP contribution in [0.1, 0.15) is 68.4 Å². The van der Waals surface area contributed by atoms with Crippen molar-refractivity contribution in [3.05, 3.63) is 59.2 Å². The maximum atomic E-state index is 13.0. The number of alkyl carbamates (subject to hydrolysis) is 1. The normalized spacial score (nSPS) is 15.2. The molecule has 5 N–H and O–H groups in total. The van der Waals surface area contributed by atoms with E-state index in [0.29, 0.717) is 49.4 Å². The van der Waals surface area contributed by atoms with Gasteiger partial charge in [-0.25, -0.2) is 9.79 Å². The number of nitrogens with zero attached hydrogens (tertiary/aromatic N) is 2. The van der Waals surface area contributed by atoms with Crippen LogP contribution < -0.4 is 21.7 Å². The van der Waals surface area contributed by atoms with Crippen molar-refractivity contribution < 1.29 is 23.9 Å². The second-order valence-corrected chi connectivity index (χ2v) is 10.9. The molecule has 0 aromatic heterocycles. The number of fused-ring (bicyclic) bond motifs is 4. The number of carbonyl (C=O) groups is 4. The van der Waals surface area contributed by atoms with E-state index in [4.69, 9.17) is 10.5 Å². The molecular weight excluding hydrogens is 512 g/mol. The Morgan fingerprint density at radius 2 is 1.77 bits per heavy atom. The molecule has 2 aliphatic rings. The highest BCUT2D eigenvalue weighted by Gasteiger charge is 2.36. The number of amidine groups is 1. The Bertz CT molecular complexity index is 1350. The van der Waals surface area contributed by atoms with Gasteiger partial charge in [-0.05, 0) is 83.3 Å². The summed E-state index contributed by atoms with van der Waals surface area (Å²) in [5.74, 6) is -0.408. The molecule has 0 aliphatic carbocycles. The number of hydrogen-bond donors (Lipinski definition) is 4. The van der Waals surface area contributed by atoms with Crippen LogP contribution in [-0.4, -0.2) is 58.8 Å². The standard InChI is InChI=1S/C29H36N6O5/c1-17(31-26(37)23(11-7-8-14-30)34-28(39)40-29(2,3)4)25(36)32-19-12-13-22-18(15-19)16-35-24(33-22)20-9-5-6-10-21(20)27(35)38/h5-6,9-10,12-13,15,17,23H,7-8,11,14,16,30H2,1-4H3,(H,31,37)(H,32,36)(H,34,39)/t17-,23-/m0/s1. The molecule has 0 spiro atoms. The predicted molar refractivity (Wildman–Crippen MR) is 151 cm³/mol. The number of nitrogens with two attached hydrogens (primary N) is 1. The second-order valence-electron chi connectivity index (χ2n) is 10.9. The minimum Gasteiger partial charge on any atom is -0.444 e. The number of anilines is 1. The molecule has 11 nitrogen and oxygen atoms in total. The number of amides is 4. The summed E-state index contributed by atoms with van der Waals surface area (Å²) in [6, 6.07) is 10.9. The first-order chi connectivity index (χ1) is 19.0. The van der Waals surface area contributed by atoms with E-state index in [1.807, 2.05) is 18.2 Å². The molecule has 0 saturated heterocycles. The van der Waals surface area contributed by atoms with E-state index in [-0.39, 0.29) is 5.91 Å². The number of hydrogen-bond acceptors (Lipinski definition) is 7. The van der Waals surface area contributed by atoms with E-state index in [0.717, 1.165) is 16.8 Å². The van der Waals surface area contributed by atoms with Crippen molar-refractivity contribution in [2.24, 2.45) is 10.7 Å². The van der Waals surface area contributed by atoms with Crippen LogP contribution >= 0.6 is 0 Å². The van der Waals surface area contributed by atoms with E-state index in [1.165, 1.54) is 0 Å². The van der Waals surface area contributed by atoms with Gasteiger partial charge in [0.05, 0.1) is 17.8 Å². The topological polar surface area (TPSA) is 155 Å². The maximum absolute atomic E-state index is 13.0. The largest absolute Gasteiger partial charge is 0.444 e. The van der Waals surface area contributed by atoms with Gasteiger partial charge in [-0.2, -0.15) is 0 Å². The van der Waals surface area contributed by atoms with Gasteiger partial charge in [-0.15, -0.1) is 0 Å². The van der Waals surface area contributed by atoms with Crippen LogP contribution in [0.25, 0.3) is 0 Å². The summed E-state index contributed by atoms with van der Waals surface area (Å²) in [5.41, 5.74) is 8.31. The highest BCUT2D eigenvalue weighted by atomic mass is 16.6. The molecule has 2 heterocycles. The van der Waals surface area contributed by atoms with Gasteiger partial charge in [-0.3, -0.25) is 19.3 Å². The van der Waals surface area contributed by atoms with Crippen molar-refractivity contribution in [1.29, 1.82) is 0 Å². The average Bonchev–Trinajstić information content (AvgIpc) is 3.16. The third-order valence-electron chi connectivity index (χ3n) is 6.51. The summed E-state index contributed by atoms with van der Waals surface area (Å²) in [7, 11) is 0. The van der Waals surface area contributed by atoms with Crippen LogP contribution in [0, 0.1) is 0 Å². The maximum Gasteiger partial charge on any atom is 0.408 e. The zero-order valence-corrected chi connectivity index (χ0v) is 23.2. The molecular formula is C29H36N6O5. The van der Waals surface area contributed by atoms with Crippen molar-refractivity contribution in [2.45, 2.75) is 71.2 Å². The lowest BCUT2D eigenvalue weighted by molar-refractivity contribution is -0.127. The summed E-state index contributed by atoms with van der Waals surface area (Å²) in [6.45, 7) is 7.56. The molecule has 2 atom stereocenters. The first-order valence-electron chi connectivity index (χ1n) is 13.4. The van der Waals surface area contributed by atoms with Crippen LogP contribution in [0.5, 0.6) is 0 Å². The van der Waals surface area contributed by atoms with Gasteiger partial charge >= 0.3 is 6.09 Å². The second kappa shape index (κ2) is 11.9. The lowest BCUT2D eigenvalue weighted by Crippen LogP contribution is -2.52. The lowest BCUT2D eigenvalue weighted by atomic mass is 10.1. The Morgan fingerprint density at radius 3 is 2.48 bits per heavy atom. The van der Waals surface area contributed by atoms with E-state index in [1.54, 1.807) is 56.9 Å². The number of nitrogens with one attached hydrogen (secondary N) is 3. The zero-order chi connectivity index (χ0) is 29.0. The molecule has 0 saturated carbocycles. The zero-order valence-electron chi connectivity index (χ0n) is 23.2. The van der Waals surface area contributed by atoms with Gasteiger partial charge in [0.25, 0.3) is 5.91 Å². The number of ether oxygens (including phenoxy) is 1. The summed E-state index contributed by atoms with van der Waals surface area (Å²) < 4.78 is 5.28. The summed E-state index contributed by atoms with van der Waals surface area (Å²) in [6.07, 6.45) is 0.948. The van der Waals surface area contributed by atoms with E-state index < -0.39 is 35.6 Å². The van der Waals surface area contributed by atoms with Crippen LogP contribution in [-0.2, 0) is 20.9 Å². The average molecular weight is 549 g/mol. The van der Waals surface area contributed by atoms with Gasteiger partial charge in [-0.1, -0.05) is 18.2 Å². The van der Waals surface area contributed by atoms with Crippen molar-refractivity contribution in [3.8, 4) is 0 Å². The minimum absolute atomic E-state index is 0.105. The molecule has 11 heteroatoms. The number of rotatable bonds is 9. The Kier molecular flexibility index (Phi) is 8.53. The lowest BCUT2D eigenvalue weighted by Gasteiger charge is -2.25. The van der Waals surface area contributed by atoms with E-state index >= 15 is 0 Å². The van der Waals surface area contributed by atoms with Crippen LogP contribution in [0.2, 0.25) is 0 Å². The van der Waals surface area contributed by atoms with Crippen molar-refractivity contribution >= 4 is 41.0 Å². The third-order valence-corrected chi connectivity index (χ3v) is 6.51. The number of aliphatic imine (C=N–C) groups is 1. The van der Waals surface area contributed by atoms with Crippen LogP contribution in [0.3, 0.4) is 0 Å². The van der Waals surface area contributed by atoms with Crippen molar-refractivity contribution in [2.75, 3.05) is 11.9 Å². The Hall–Kier alpha value is -4.25. The Balaban J connectivity index is 1.39. The first kappa shape index (κ1) is 28.8. The summed E-state index contributed by atoms with van der Waals surface area (Å²) >= 11 is 0. The number of carbonyl (C=O) groups excluding carboxylic acids is 4. The number of unbranched alkanes of at least 4 members (excludes halogenated alkanes) is 1. The molecule has 0 unspecified atom stereocenters. The first-order valence-corrected chi connectivity index (χ1v) is 13.4. The third kappa shape index (κ3) is 6.66. The van der Waals surface area contributed by atoms with Crippen LogP contribution in [0.4, 0.5) is 16.2 Å².